The molecule has 4 N–H and O–H groups in total. The molecule has 0 radical (unpaired) electrons. The molecule has 20 rings (SSSR count). The average Bonchev–Trinajstić information content (AvgIpc) is 1.49. The number of aromatic amines is 1. The van der Waals surface area contributed by atoms with Crippen LogP contribution in [0.15, 0.2) is 192 Å². The van der Waals surface area contributed by atoms with Gasteiger partial charge in [-0.25, -0.2) is 38.2 Å². The van der Waals surface area contributed by atoms with Crippen molar-refractivity contribution in [1.82, 2.24) is 43.2 Å². The Hall–Kier alpha value is -6.01. The first-order chi connectivity index (χ1) is 50.0. The fraction of sp³-hybridized carbons (Fsp3) is 0.345. The minimum absolute atomic E-state index is 0. The van der Waals surface area contributed by atoms with Gasteiger partial charge in [0.25, 0.3) is 6.47 Å². The number of carbonyl (C=O) groups is 1. The quantitative estimate of drug-likeness (QED) is 0.0366. The van der Waals surface area contributed by atoms with Crippen molar-refractivity contribution in [2.45, 2.75) is 136 Å². The topological polar surface area (TPSA) is 216 Å². The number of nitrogens with zero attached hydrogens (tertiary/aromatic N) is 8. The molecule has 0 aliphatic heterocycles. The molecule has 2 bridgehead atoms. The monoisotopic (exact) mass is 1700 g/mol. The van der Waals surface area contributed by atoms with Gasteiger partial charge >= 0.3 is 155 Å². The third-order valence-corrected chi connectivity index (χ3v) is 24.8. The van der Waals surface area contributed by atoms with Gasteiger partial charge < -0.3 is 37.2 Å². The number of carbonyl (C=O) groups excluding carboxylic acids is 1. The maximum Gasteiger partial charge on any atom is 1.00 e. The van der Waals surface area contributed by atoms with Crippen molar-refractivity contribution in [3.8, 4) is 23.1 Å². The number of hydrogen-bond donors (Lipinski definition) is 4. The summed E-state index contributed by atoms with van der Waals surface area (Å²) in [5.74, 6) is 7.46. The summed E-state index contributed by atoms with van der Waals surface area (Å²) in [4.78, 5) is 60.8. The predicted molar refractivity (Wildman–Crippen MR) is 409 cm³/mol. The van der Waals surface area contributed by atoms with E-state index in [1.165, 1.54) is 98.4 Å². The second-order valence-electron chi connectivity index (χ2n) is 30.2. The molecule has 8 saturated carbocycles. The van der Waals surface area contributed by atoms with Gasteiger partial charge in [-0.2, -0.15) is 4.98 Å². The minimum atomic E-state index is -0.196. The van der Waals surface area contributed by atoms with E-state index in [1.54, 1.807) is 4.57 Å². The molecule has 6 heterocycles. The molecule has 11 atom stereocenters. The van der Waals surface area contributed by atoms with E-state index in [1.807, 2.05) is 109 Å². The fourth-order valence-electron chi connectivity index (χ4n) is 17.8. The average molecular weight is 1710 g/mol. The molecular formula is C84H87BrCs2N12O6. The number of fused-ring (bicyclic) bond motifs is 5. The minimum Gasteiger partial charge on any atom is -1.00 e. The van der Waals surface area contributed by atoms with Crippen LogP contribution >= 0.6 is 15.9 Å². The van der Waals surface area contributed by atoms with Gasteiger partial charge in [0.1, 0.15) is 29.1 Å². The number of H-pyrrole nitrogens is 1. The molecule has 105 heavy (non-hydrogen) atoms. The number of rotatable bonds is 13. The Bertz CT molecular complexity index is 5240. The fourth-order valence-corrected chi connectivity index (χ4v) is 18.8. The number of benzene rings is 6. The van der Waals surface area contributed by atoms with Crippen LogP contribution in [0.1, 0.15) is 118 Å². The summed E-state index contributed by atoms with van der Waals surface area (Å²) in [5, 5.41) is 18.6. The molecule has 528 valence electrons. The Labute approximate surface area is 739 Å². The van der Waals surface area contributed by atoms with E-state index in [4.69, 9.17) is 29.7 Å². The Morgan fingerprint density at radius 1 is 0.514 bits per heavy atom. The van der Waals surface area contributed by atoms with Gasteiger partial charge in [0.2, 0.25) is 0 Å². The molecule has 6 aromatic heterocycles. The number of hydrogen-bond acceptors (Lipinski definition) is 13. The Morgan fingerprint density at radius 2 is 1.00 bits per heavy atom. The Balaban J connectivity index is 0.000000129. The van der Waals surface area contributed by atoms with Crippen molar-refractivity contribution in [3.05, 3.63) is 236 Å². The number of aromatic nitrogens is 9. The van der Waals surface area contributed by atoms with Gasteiger partial charge in [0, 0.05) is 33.8 Å². The van der Waals surface area contributed by atoms with E-state index >= 15 is 0 Å². The van der Waals surface area contributed by atoms with Crippen LogP contribution in [0.5, 0.6) is 6.01 Å². The molecule has 6 aromatic carbocycles. The zero-order valence-electron chi connectivity index (χ0n) is 62.0. The van der Waals surface area contributed by atoms with Crippen LogP contribution < -0.4 is 175 Å². The van der Waals surface area contributed by atoms with Crippen molar-refractivity contribution >= 4 is 90.4 Å². The largest absolute Gasteiger partial charge is 1.00 e. The van der Waals surface area contributed by atoms with Crippen LogP contribution in [0.4, 0.5) is 34.5 Å². The molecule has 0 saturated heterocycles. The number of alkyl halides is 1. The number of nitrogens with one attached hydrogen (secondary N) is 4. The van der Waals surface area contributed by atoms with Crippen LogP contribution in [0.25, 0.3) is 50.6 Å². The van der Waals surface area contributed by atoms with Crippen molar-refractivity contribution in [2.24, 2.45) is 46.3 Å². The summed E-state index contributed by atoms with van der Waals surface area (Å²) in [6, 6.07) is 62.0. The molecule has 8 fully saturated rings. The van der Waals surface area contributed by atoms with Gasteiger partial charge in [-0.15, -0.1) is 0 Å². The first-order valence-corrected chi connectivity index (χ1v) is 37.3. The normalized spacial score (nSPS) is 23.9. The molecule has 21 heteroatoms. The number of aryl methyl sites for hydroxylation is 6. The van der Waals surface area contributed by atoms with Gasteiger partial charge in [-0.1, -0.05) is 129 Å². The van der Waals surface area contributed by atoms with Gasteiger partial charge in [0.15, 0.2) is 16.9 Å². The van der Waals surface area contributed by atoms with Gasteiger partial charge in [0.05, 0.1) is 28.1 Å². The second kappa shape index (κ2) is 31.9. The number of halogens is 1. The molecule has 2 spiro atoms. The van der Waals surface area contributed by atoms with E-state index in [0.29, 0.717) is 51.7 Å². The van der Waals surface area contributed by atoms with Crippen LogP contribution in [0, 0.1) is 87.9 Å². The first kappa shape index (κ1) is 75.8. The summed E-state index contributed by atoms with van der Waals surface area (Å²) >= 11 is 3.70. The smallest absolute Gasteiger partial charge is 1.00 e. The predicted octanol–water partition coefficient (Wildman–Crippen LogP) is 11.5. The number of anilines is 6. The maximum atomic E-state index is 13.9. The molecule has 0 amide bonds. The van der Waals surface area contributed by atoms with Crippen molar-refractivity contribution in [2.75, 3.05) is 16.0 Å². The maximum absolute atomic E-state index is 13.9. The zero-order valence-corrected chi connectivity index (χ0v) is 75.1. The zero-order chi connectivity index (χ0) is 70.8. The van der Waals surface area contributed by atoms with Crippen LogP contribution in [-0.4, -0.2) is 60.6 Å². The Kier molecular flexibility index (Phi) is 23.0. The molecule has 11 unspecified atom stereocenters. The second-order valence-corrected chi connectivity index (χ2v) is 31.4. The molecule has 12 aromatic rings. The standard InChI is InChI=1S/2C28H28N4O.C20H18N4O.C7H11Br.CH2O3.2Cs.H/c1-17-3-7-20(8-4-17)29-25-12-11-23-26(31-25)32(21-9-5-18(2)6-10-21)27(30-23)33-24-15-19-16-28(19)14-13-22(24)28;1-17-3-7-20(8-4-17)29-25-12-11-23-26(30-25)31(21-9-5-18(2)6-10-21)27(33)32(23)24-15-19-13-14-28(19)16-22(24)28;1-13-3-7-15(8-4-13)21-18-12-11-17-19(23-18)24(20(25)22-17)16-9-5-14(2)6-10-16;8-7-4-5-1-2-6(7)3-5;2-1-4-3;;;/h3-12,19,22,24H,13-16H2,1-2H3,(H,29,31);3-12,19,22,24H,13-16H2,1-2H3,(H,29,30);3-12H,1-2H3,(H,21,23)(H,22,25);5-7H,1-4H2;1,3H;;;/q;;;;;2*+1;-1/p-1. The van der Waals surface area contributed by atoms with Crippen molar-refractivity contribution in [3.63, 3.8) is 0 Å². The van der Waals surface area contributed by atoms with E-state index < -0.39 is 0 Å². The van der Waals surface area contributed by atoms with Crippen molar-refractivity contribution in [1.29, 1.82) is 0 Å². The summed E-state index contributed by atoms with van der Waals surface area (Å²) in [6.45, 7) is 12.2. The number of imidazole rings is 3. The summed E-state index contributed by atoms with van der Waals surface area (Å²) in [6.07, 6.45) is 16.7. The summed E-state index contributed by atoms with van der Waals surface area (Å²) < 4.78 is 14.2. The van der Waals surface area contributed by atoms with Gasteiger partial charge in [-0.05, 0) is 262 Å². The SMILES string of the molecule is BrC1CC2CCC1C2.Cc1ccc(Nc2ccc3[nH]c(=O)n(-c4ccc(C)cc4)c3n2)cc1.Cc1ccc(Nc2ccc3c(n2)n(-c2ccc(C)cc2)c(=O)n3C2CC3CCC34CC24)cc1.Cc1ccc(Nc2ccc3nc(OC4CC5CC56CCC46)n(-c4ccc(C)cc4)c3n2)cc1.O=CO[O-].[Cs+].[Cs+].[H-]. The number of ether oxygens (including phenoxy) is 1. The van der Waals surface area contributed by atoms with E-state index in [2.05, 4.69) is 175 Å². The van der Waals surface area contributed by atoms with E-state index in [-0.39, 0.29) is 163 Å². The van der Waals surface area contributed by atoms with E-state index in [9.17, 15) is 9.59 Å². The molecule has 8 aliphatic carbocycles. The van der Waals surface area contributed by atoms with Crippen LogP contribution in [0.2, 0.25) is 0 Å². The van der Waals surface area contributed by atoms with Crippen molar-refractivity contribution < 1.29 is 159 Å². The number of pyridine rings is 3. The van der Waals surface area contributed by atoms with Gasteiger partial charge in [-0.3, -0.25) is 9.36 Å². The first-order valence-electron chi connectivity index (χ1n) is 36.4. The Morgan fingerprint density at radius 3 is 1.44 bits per heavy atom. The third kappa shape index (κ3) is 15.5. The summed E-state index contributed by atoms with van der Waals surface area (Å²) in [7, 11) is 0. The molecule has 8 aliphatic rings. The van der Waals surface area contributed by atoms with Crippen LogP contribution in [0.3, 0.4) is 0 Å². The van der Waals surface area contributed by atoms with Crippen LogP contribution in [-0.2, 0) is 9.68 Å². The molecular weight excluding hydrogens is 1620 g/mol. The molecule has 18 nitrogen and oxygen atoms in total. The van der Waals surface area contributed by atoms with E-state index in [0.717, 1.165) is 109 Å². The third-order valence-electron chi connectivity index (χ3n) is 23.7. The summed E-state index contributed by atoms with van der Waals surface area (Å²) in [5.41, 5.74) is 18.6.